The molecule has 0 spiro atoms. The fourth-order valence-corrected chi connectivity index (χ4v) is 6.56. The van der Waals surface area contributed by atoms with Crippen LogP contribution in [0.1, 0.15) is 126 Å². The van der Waals surface area contributed by atoms with E-state index < -0.39 is 79.6 Å². The topological polar surface area (TPSA) is 230 Å². The molecule has 1 saturated heterocycles. The Morgan fingerprint density at radius 1 is 0.852 bits per heavy atom. The van der Waals surface area contributed by atoms with Gasteiger partial charge in [-0.05, 0) is 38.5 Å². The summed E-state index contributed by atoms with van der Waals surface area (Å²) in [5.41, 5.74) is -0.649. The lowest BCUT2D eigenvalue weighted by Crippen LogP contribution is -2.59. The molecule has 1 heterocycles. The van der Waals surface area contributed by atoms with Crippen LogP contribution >= 0.6 is 0 Å². The zero-order chi connectivity index (χ0) is 41.2. The SMILES string of the molecule is CCCCCCCCCC(=O)N(CCCNC(=O)C(O)C(O)C(OC1OC(CO)C(O)C(C)C1O)C(O)CO)CCC(C)(C)N(CC(C)(C)C)C(=O)CC. The summed E-state index contributed by atoms with van der Waals surface area (Å²) in [5, 5.41) is 74.5. The monoisotopic (exact) mass is 778 g/mol. The molecule has 0 radical (unpaired) electrons. The van der Waals surface area contributed by atoms with Crippen molar-refractivity contribution in [2.75, 3.05) is 39.4 Å². The molecule has 318 valence electrons. The fourth-order valence-electron chi connectivity index (χ4n) is 6.56. The van der Waals surface area contributed by atoms with Gasteiger partial charge in [-0.1, -0.05) is 80.1 Å². The molecule has 1 aliphatic heterocycles. The van der Waals surface area contributed by atoms with Gasteiger partial charge in [0.2, 0.25) is 11.8 Å². The molecule has 54 heavy (non-hydrogen) atoms. The van der Waals surface area contributed by atoms with Crippen molar-refractivity contribution < 1.29 is 59.6 Å². The Balaban J connectivity index is 2.95. The Bertz CT molecular complexity index is 1090. The normalized spacial score (nSPS) is 23.0. The van der Waals surface area contributed by atoms with E-state index in [0.717, 1.165) is 25.7 Å². The molecule has 3 amide bonds. The number of hydrogen-bond donors (Lipinski definition) is 8. The molecule has 1 fully saturated rings. The van der Waals surface area contributed by atoms with Crippen LogP contribution in [0, 0.1) is 11.3 Å². The number of amides is 3. The largest absolute Gasteiger partial charge is 0.394 e. The lowest BCUT2D eigenvalue weighted by atomic mass is 9.90. The van der Waals surface area contributed by atoms with E-state index in [1.165, 1.54) is 26.2 Å². The third-order valence-corrected chi connectivity index (χ3v) is 10.2. The molecule has 0 aromatic heterocycles. The zero-order valence-corrected chi connectivity index (χ0v) is 34.3. The van der Waals surface area contributed by atoms with Crippen molar-refractivity contribution in [3.05, 3.63) is 0 Å². The quantitative estimate of drug-likeness (QED) is 0.0584. The summed E-state index contributed by atoms with van der Waals surface area (Å²) in [6.45, 7) is 15.5. The van der Waals surface area contributed by atoms with E-state index in [4.69, 9.17) is 9.47 Å². The van der Waals surface area contributed by atoms with Gasteiger partial charge in [0.25, 0.3) is 5.91 Å². The highest BCUT2D eigenvalue weighted by Gasteiger charge is 2.46. The first-order chi connectivity index (χ1) is 25.3. The fraction of sp³-hybridized carbons (Fsp3) is 0.923. The number of ether oxygens (including phenoxy) is 2. The minimum atomic E-state index is -2.13. The number of rotatable bonds is 26. The molecule has 0 saturated carbocycles. The first-order valence-corrected chi connectivity index (χ1v) is 20.0. The van der Waals surface area contributed by atoms with E-state index >= 15 is 0 Å². The number of hydrogen-bond acceptors (Lipinski definition) is 12. The maximum absolute atomic E-state index is 13.5. The van der Waals surface area contributed by atoms with Crippen molar-refractivity contribution in [3.63, 3.8) is 0 Å². The first kappa shape index (κ1) is 50.1. The van der Waals surface area contributed by atoms with Crippen LogP contribution in [0.2, 0.25) is 0 Å². The lowest BCUT2D eigenvalue weighted by molar-refractivity contribution is -0.317. The van der Waals surface area contributed by atoms with E-state index in [0.29, 0.717) is 45.3 Å². The zero-order valence-electron chi connectivity index (χ0n) is 34.3. The number of nitrogens with zero attached hydrogens (tertiary/aromatic N) is 2. The first-order valence-electron chi connectivity index (χ1n) is 20.0. The molecule has 15 nitrogen and oxygen atoms in total. The number of aliphatic hydroxyl groups excluding tert-OH is 7. The highest BCUT2D eigenvalue weighted by atomic mass is 16.7. The van der Waals surface area contributed by atoms with Gasteiger partial charge in [0.05, 0.1) is 19.3 Å². The number of unbranched alkanes of at least 4 members (excludes halogenated alkanes) is 6. The predicted octanol–water partition coefficient (Wildman–Crippen LogP) is 1.45. The molecule has 9 atom stereocenters. The van der Waals surface area contributed by atoms with Crippen LogP contribution in [0.3, 0.4) is 0 Å². The second-order valence-electron chi connectivity index (χ2n) is 16.7. The van der Waals surface area contributed by atoms with E-state index in [-0.39, 0.29) is 23.8 Å². The van der Waals surface area contributed by atoms with E-state index in [2.05, 4.69) is 33.0 Å². The maximum atomic E-state index is 13.5. The Kier molecular flexibility index (Phi) is 22.8. The molecule has 9 unspecified atom stereocenters. The van der Waals surface area contributed by atoms with Crippen LogP contribution in [0.5, 0.6) is 0 Å². The summed E-state index contributed by atoms with van der Waals surface area (Å²) in [4.78, 5) is 43.1. The van der Waals surface area contributed by atoms with Gasteiger partial charge < -0.3 is 60.3 Å². The van der Waals surface area contributed by atoms with Crippen molar-refractivity contribution in [1.82, 2.24) is 15.1 Å². The van der Waals surface area contributed by atoms with Crippen molar-refractivity contribution in [2.45, 2.75) is 181 Å². The van der Waals surface area contributed by atoms with Crippen LogP contribution in [0.4, 0.5) is 0 Å². The molecule has 0 aromatic carbocycles. The van der Waals surface area contributed by atoms with Crippen molar-refractivity contribution in [1.29, 1.82) is 0 Å². The van der Waals surface area contributed by atoms with Crippen molar-refractivity contribution in [2.24, 2.45) is 11.3 Å². The second kappa shape index (κ2) is 24.6. The Labute approximate surface area is 323 Å². The summed E-state index contributed by atoms with van der Waals surface area (Å²) in [6, 6.07) is 0. The molecule has 0 aromatic rings. The second-order valence-corrected chi connectivity index (χ2v) is 16.7. The van der Waals surface area contributed by atoms with Crippen LogP contribution in [0.15, 0.2) is 0 Å². The summed E-state index contributed by atoms with van der Waals surface area (Å²) in [5.74, 6) is -1.81. The molecular formula is C39H75N3O12. The third-order valence-electron chi connectivity index (χ3n) is 10.2. The van der Waals surface area contributed by atoms with E-state index in [1.807, 2.05) is 25.7 Å². The van der Waals surface area contributed by atoms with Crippen LogP contribution < -0.4 is 5.32 Å². The van der Waals surface area contributed by atoms with E-state index in [1.54, 1.807) is 4.90 Å². The molecule has 8 N–H and O–H groups in total. The Morgan fingerprint density at radius 2 is 1.46 bits per heavy atom. The number of carbonyl (C=O) groups excluding carboxylic acids is 3. The lowest BCUT2D eigenvalue weighted by Gasteiger charge is -2.43. The maximum Gasteiger partial charge on any atom is 0.251 e. The minimum absolute atomic E-state index is 0.0132. The standard InChI is InChI=1S/C39H75N3O12/c1-9-11-12-13-14-15-16-18-30(47)41(22-19-39(7,8)42(29(46)10-2)25-38(4,5)6)21-17-20-40-36(52)34(51)33(50)35(27(45)23-43)54-37-32(49)26(3)31(48)28(24-44)53-37/h26-28,31-35,37,43-45,48-51H,9-25H2,1-8H3,(H,40,52). The highest BCUT2D eigenvalue weighted by Crippen LogP contribution is 2.29. The molecule has 0 bridgehead atoms. The molecular weight excluding hydrogens is 702 g/mol. The predicted molar refractivity (Wildman–Crippen MR) is 204 cm³/mol. The van der Waals surface area contributed by atoms with Gasteiger partial charge >= 0.3 is 0 Å². The van der Waals surface area contributed by atoms with Crippen molar-refractivity contribution >= 4 is 17.7 Å². The number of aliphatic hydroxyl groups is 7. The van der Waals surface area contributed by atoms with Crippen LogP contribution in [0.25, 0.3) is 0 Å². The van der Waals surface area contributed by atoms with E-state index in [9.17, 15) is 50.1 Å². The summed E-state index contributed by atoms with van der Waals surface area (Å²) in [7, 11) is 0. The van der Waals surface area contributed by atoms with Gasteiger partial charge in [-0.3, -0.25) is 14.4 Å². The third kappa shape index (κ3) is 16.6. The average Bonchev–Trinajstić information content (AvgIpc) is 3.13. The van der Waals surface area contributed by atoms with Crippen LogP contribution in [-0.4, -0.2) is 157 Å². The molecule has 1 rings (SSSR count). The van der Waals surface area contributed by atoms with Gasteiger partial charge in [-0.2, -0.15) is 0 Å². The van der Waals surface area contributed by atoms with Crippen LogP contribution in [-0.2, 0) is 23.9 Å². The molecule has 1 aliphatic rings. The summed E-state index contributed by atoms with van der Waals surface area (Å²) >= 11 is 0. The smallest absolute Gasteiger partial charge is 0.251 e. The molecule has 15 heteroatoms. The minimum Gasteiger partial charge on any atom is -0.394 e. The van der Waals surface area contributed by atoms with Crippen molar-refractivity contribution in [3.8, 4) is 0 Å². The van der Waals surface area contributed by atoms with Gasteiger partial charge in [-0.15, -0.1) is 0 Å². The Morgan fingerprint density at radius 3 is 2.02 bits per heavy atom. The summed E-state index contributed by atoms with van der Waals surface area (Å²) in [6.07, 6.45) is -4.14. The number of nitrogens with one attached hydrogen (secondary N) is 1. The van der Waals surface area contributed by atoms with Gasteiger partial charge in [0, 0.05) is 50.5 Å². The Hall–Kier alpha value is -1.95. The van der Waals surface area contributed by atoms with Gasteiger partial charge in [0.15, 0.2) is 12.4 Å². The number of carbonyl (C=O) groups is 3. The highest BCUT2D eigenvalue weighted by molar-refractivity contribution is 5.81. The van der Waals surface area contributed by atoms with Gasteiger partial charge in [-0.25, -0.2) is 0 Å². The summed E-state index contributed by atoms with van der Waals surface area (Å²) < 4.78 is 10.9. The average molecular weight is 778 g/mol. The molecule has 0 aliphatic carbocycles. The van der Waals surface area contributed by atoms with Gasteiger partial charge in [0.1, 0.15) is 30.5 Å².